The number of nitrogens with one attached hydrogen (secondary N) is 1. The summed E-state index contributed by atoms with van der Waals surface area (Å²) >= 11 is 0. The van der Waals surface area contributed by atoms with E-state index in [1.54, 1.807) is 6.21 Å². The molecule has 6 heavy (non-hydrogen) atoms. The van der Waals surface area contributed by atoms with Crippen LogP contribution in [-0.2, 0) is 4.84 Å². The van der Waals surface area contributed by atoms with Crippen LogP contribution in [0.1, 0.15) is 0 Å². The van der Waals surface area contributed by atoms with Crippen LogP contribution in [0.15, 0.2) is 4.99 Å². The fourth-order valence-electron chi connectivity index (χ4n) is 0.296. The third kappa shape index (κ3) is 0.771. The van der Waals surface area contributed by atoms with Crippen LogP contribution in [0.25, 0.3) is 0 Å². The fraction of sp³-hybridized carbons (Fsp3) is 0.667. The molecule has 3 nitrogen and oxygen atoms in total. The van der Waals surface area contributed by atoms with E-state index in [1.165, 1.54) is 0 Å². The maximum Gasteiger partial charge on any atom is 0.111 e. The van der Waals surface area contributed by atoms with Gasteiger partial charge in [0.2, 0.25) is 0 Å². The number of nitrogens with zero attached hydrogens (tertiary/aromatic N) is 1. The molecule has 0 aromatic carbocycles. The lowest BCUT2D eigenvalue weighted by Crippen LogP contribution is -2.20. The van der Waals surface area contributed by atoms with Gasteiger partial charge in [-0.3, -0.25) is 9.83 Å². The van der Waals surface area contributed by atoms with Crippen molar-refractivity contribution in [2.45, 2.75) is 0 Å². The van der Waals surface area contributed by atoms with Gasteiger partial charge in [-0.1, -0.05) is 0 Å². The highest BCUT2D eigenvalue weighted by molar-refractivity contribution is 5.58. The maximum atomic E-state index is 4.67. The first-order chi connectivity index (χ1) is 3.00. The minimum atomic E-state index is 0.597. The smallest absolute Gasteiger partial charge is 0.111 e. The zero-order chi connectivity index (χ0) is 4.24. The van der Waals surface area contributed by atoms with Gasteiger partial charge in [-0.25, -0.2) is 0 Å². The Balaban J connectivity index is 2.26. The highest BCUT2D eigenvalue weighted by Crippen LogP contribution is 1.71. The molecule has 1 rings (SSSR count). The van der Waals surface area contributed by atoms with Gasteiger partial charge < -0.3 is 0 Å². The number of aliphatic imine (C=N–C) groups is 1. The Labute approximate surface area is 36.0 Å². The Morgan fingerprint density at radius 1 is 1.83 bits per heavy atom. The second kappa shape index (κ2) is 1.89. The van der Waals surface area contributed by atoms with Crippen LogP contribution < -0.4 is 5.48 Å². The molecule has 0 amide bonds. The molecule has 0 spiro atoms. The van der Waals surface area contributed by atoms with Crippen LogP contribution in [0.5, 0.6) is 0 Å². The van der Waals surface area contributed by atoms with E-state index in [-0.39, 0.29) is 0 Å². The van der Waals surface area contributed by atoms with Crippen LogP contribution >= 0.6 is 0 Å². The molecule has 0 fully saturated rings. The van der Waals surface area contributed by atoms with E-state index in [1.807, 2.05) is 0 Å². The molecule has 0 atom stereocenters. The van der Waals surface area contributed by atoms with E-state index < -0.39 is 0 Å². The van der Waals surface area contributed by atoms with Crippen LogP contribution in [-0.4, -0.2) is 19.5 Å². The normalized spacial score (nSPS) is 21.3. The Morgan fingerprint density at radius 2 is 2.83 bits per heavy atom. The van der Waals surface area contributed by atoms with Gasteiger partial charge in [-0.2, -0.15) is 5.48 Å². The first-order valence-electron chi connectivity index (χ1n) is 1.83. The molecule has 0 aromatic heterocycles. The standard InChI is InChI=1S/C3H6N2O/c1-2-6-5-3-4-1/h1,5H,2-3H2. The van der Waals surface area contributed by atoms with Crippen molar-refractivity contribution in [3.05, 3.63) is 0 Å². The number of hydrogen-bond donors (Lipinski definition) is 1. The highest BCUT2D eigenvalue weighted by atomic mass is 16.6. The minimum absolute atomic E-state index is 0.597. The topological polar surface area (TPSA) is 33.6 Å². The van der Waals surface area contributed by atoms with E-state index >= 15 is 0 Å². The molecular weight excluding hydrogens is 80.0 g/mol. The van der Waals surface area contributed by atoms with Crippen LogP contribution in [0, 0.1) is 0 Å². The van der Waals surface area contributed by atoms with E-state index in [4.69, 9.17) is 0 Å². The summed E-state index contributed by atoms with van der Waals surface area (Å²) in [6.45, 7) is 1.19. The number of rotatable bonds is 0. The van der Waals surface area contributed by atoms with Crippen molar-refractivity contribution >= 4 is 6.21 Å². The van der Waals surface area contributed by atoms with E-state index in [9.17, 15) is 0 Å². The van der Waals surface area contributed by atoms with Crippen LogP contribution in [0.2, 0.25) is 0 Å². The molecule has 0 bridgehead atoms. The summed E-state index contributed by atoms with van der Waals surface area (Å²) in [4.78, 5) is 8.49. The summed E-state index contributed by atoms with van der Waals surface area (Å²) in [6, 6.07) is 0. The number of hydroxylamine groups is 1. The average Bonchev–Trinajstić information content (AvgIpc) is 1.72. The predicted octanol–water partition coefficient (Wildman–Crippen LogP) is -0.451. The Hall–Kier alpha value is -0.410. The minimum Gasteiger partial charge on any atom is -0.294 e. The SMILES string of the molecule is C1=NCNOC1. The summed E-state index contributed by atoms with van der Waals surface area (Å²) in [5.41, 5.74) is 2.59. The summed E-state index contributed by atoms with van der Waals surface area (Å²) in [5.74, 6) is 0. The Kier molecular flexibility index (Phi) is 1.19. The molecule has 1 aliphatic heterocycles. The van der Waals surface area contributed by atoms with Gasteiger partial charge in [0, 0.05) is 6.21 Å². The van der Waals surface area contributed by atoms with E-state index in [2.05, 4.69) is 15.3 Å². The molecule has 0 saturated carbocycles. The van der Waals surface area contributed by atoms with E-state index in [0.29, 0.717) is 13.3 Å². The van der Waals surface area contributed by atoms with Crippen molar-refractivity contribution in [2.24, 2.45) is 4.99 Å². The lowest BCUT2D eigenvalue weighted by Gasteiger charge is -2.02. The second-order valence-electron chi connectivity index (χ2n) is 0.979. The molecule has 3 heteroatoms. The molecule has 0 radical (unpaired) electrons. The largest absolute Gasteiger partial charge is 0.294 e. The third-order valence-corrected chi connectivity index (χ3v) is 0.545. The molecule has 34 valence electrons. The maximum absolute atomic E-state index is 4.67. The van der Waals surface area contributed by atoms with Gasteiger partial charge in [-0.15, -0.1) is 0 Å². The molecule has 0 saturated heterocycles. The number of hydrogen-bond acceptors (Lipinski definition) is 3. The second-order valence-corrected chi connectivity index (χ2v) is 0.979. The summed E-state index contributed by atoms with van der Waals surface area (Å²) in [6.07, 6.45) is 1.73. The van der Waals surface area contributed by atoms with Crippen molar-refractivity contribution in [1.82, 2.24) is 5.48 Å². The quantitative estimate of drug-likeness (QED) is 0.433. The monoisotopic (exact) mass is 86.0 g/mol. The van der Waals surface area contributed by atoms with Gasteiger partial charge in [0.05, 0.1) is 0 Å². The molecule has 0 unspecified atom stereocenters. The summed E-state index contributed by atoms with van der Waals surface area (Å²) in [7, 11) is 0. The zero-order valence-corrected chi connectivity index (χ0v) is 3.35. The van der Waals surface area contributed by atoms with Crippen LogP contribution in [0.3, 0.4) is 0 Å². The lowest BCUT2D eigenvalue weighted by atomic mass is 10.8. The molecular formula is C3H6N2O. The molecule has 1 heterocycles. The first kappa shape index (κ1) is 3.77. The third-order valence-electron chi connectivity index (χ3n) is 0.545. The molecule has 0 aromatic rings. The van der Waals surface area contributed by atoms with Gasteiger partial charge in [0.1, 0.15) is 13.3 Å². The average molecular weight is 86.1 g/mol. The van der Waals surface area contributed by atoms with Crippen molar-refractivity contribution in [3.8, 4) is 0 Å². The van der Waals surface area contributed by atoms with Gasteiger partial charge >= 0.3 is 0 Å². The van der Waals surface area contributed by atoms with Crippen molar-refractivity contribution in [3.63, 3.8) is 0 Å². The van der Waals surface area contributed by atoms with Crippen LogP contribution in [0.4, 0.5) is 0 Å². The fourth-order valence-corrected chi connectivity index (χ4v) is 0.296. The Morgan fingerprint density at radius 3 is 3.00 bits per heavy atom. The molecule has 1 N–H and O–H groups in total. The molecule has 0 aliphatic carbocycles. The summed E-state index contributed by atoms with van der Waals surface area (Å²) < 4.78 is 0. The van der Waals surface area contributed by atoms with Crippen molar-refractivity contribution in [2.75, 3.05) is 13.3 Å². The van der Waals surface area contributed by atoms with E-state index in [0.717, 1.165) is 0 Å². The first-order valence-corrected chi connectivity index (χ1v) is 1.83. The van der Waals surface area contributed by atoms with Crippen molar-refractivity contribution in [1.29, 1.82) is 0 Å². The lowest BCUT2D eigenvalue weighted by molar-refractivity contribution is 0.0660. The zero-order valence-electron chi connectivity index (χ0n) is 3.35. The van der Waals surface area contributed by atoms with Gasteiger partial charge in [0.25, 0.3) is 0 Å². The highest BCUT2D eigenvalue weighted by Gasteiger charge is 1.84. The summed E-state index contributed by atoms with van der Waals surface area (Å²) in [5, 5.41) is 0. The van der Waals surface area contributed by atoms with Gasteiger partial charge in [-0.05, 0) is 0 Å². The Bertz CT molecular complexity index is 53.8. The predicted molar refractivity (Wildman–Crippen MR) is 22.4 cm³/mol. The van der Waals surface area contributed by atoms with Crippen molar-refractivity contribution < 1.29 is 4.84 Å². The molecule has 1 aliphatic rings. The van der Waals surface area contributed by atoms with Gasteiger partial charge in [0.15, 0.2) is 0 Å².